The average Bonchev–Trinajstić information content (AvgIpc) is 2.98. The summed E-state index contributed by atoms with van der Waals surface area (Å²) in [6.45, 7) is 0.556. The molecule has 1 heterocycles. The van der Waals surface area contributed by atoms with Crippen LogP contribution in [-0.2, 0) is 6.61 Å². The lowest BCUT2D eigenvalue weighted by Crippen LogP contribution is -2.29. The van der Waals surface area contributed by atoms with Crippen molar-refractivity contribution in [1.82, 2.24) is 9.88 Å². The van der Waals surface area contributed by atoms with Crippen LogP contribution < -0.4 is 4.74 Å². The van der Waals surface area contributed by atoms with Gasteiger partial charge in [0, 0.05) is 19.0 Å². The first-order chi connectivity index (χ1) is 9.72. The molecule has 5 nitrogen and oxygen atoms in total. The Morgan fingerprint density at radius 2 is 2.25 bits per heavy atom. The number of carbonyl (C=O) groups is 1. The molecule has 1 N–H and O–H groups in total. The van der Waals surface area contributed by atoms with Gasteiger partial charge >= 0.3 is 0 Å². The lowest BCUT2D eigenvalue weighted by molar-refractivity contribution is 0.0762. The number of aliphatic hydroxyl groups excluding tert-OH is 1. The van der Waals surface area contributed by atoms with Gasteiger partial charge in [0.1, 0.15) is 12.4 Å². The second-order valence-electron chi connectivity index (χ2n) is 4.21. The Labute approximate surface area is 121 Å². The molecular weight excluding hydrogens is 276 g/mol. The Hall–Kier alpha value is -1.92. The van der Waals surface area contributed by atoms with Crippen molar-refractivity contribution < 1.29 is 14.6 Å². The number of ether oxygens (including phenoxy) is 1. The lowest BCUT2D eigenvalue weighted by atomic mass is 10.2. The van der Waals surface area contributed by atoms with Gasteiger partial charge in [0.2, 0.25) is 0 Å². The molecule has 1 aromatic carbocycles. The Morgan fingerprint density at radius 1 is 1.45 bits per heavy atom. The van der Waals surface area contributed by atoms with E-state index in [1.54, 1.807) is 30.8 Å². The number of amides is 1. The van der Waals surface area contributed by atoms with Crippen LogP contribution in [0.25, 0.3) is 0 Å². The number of aliphatic hydroxyl groups is 1. The first kappa shape index (κ1) is 14.5. The summed E-state index contributed by atoms with van der Waals surface area (Å²) in [5.74, 6) is 0.350. The molecule has 0 atom stereocenters. The second kappa shape index (κ2) is 7.02. The number of hydrogen-bond acceptors (Lipinski definition) is 5. The summed E-state index contributed by atoms with van der Waals surface area (Å²) >= 11 is 1.50. The maximum Gasteiger partial charge on any atom is 0.257 e. The summed E-state index contributed by atoms with van der Waals surface area (Å²) in [7, 11) is 1.65. The molecule has 0 unspecified atom stereocenters. The molecule has 0 bridgehead atoms. The van der Waals surface area contributed by atoms with Crippen molar-refractivity contribution in [2.24, 2.45) is 0 Å². The van der Waals surface area contributed by atoms with Crippen LogP contribution in [0.3, 0.4) is 0 Å². The van der Waals surface area contributed by atoms with Gasteiger partial charge in [0.15, 0.2) is 0 Å². The molecule has 2 rings (SSSR count). The third-order valence-electron chi connectivity index (χ3n) is 2.76. The zero-order valence-electron chi connectivity index (χ0n) is 11.2. The van der Waals surface area contributed by atoms with Crippen molar-refractivity contribution in [3.05, 3.63) is 46.4 Å². The summed E-state index contributed by atoms with van der Waals surface area (Å²) in [5, 5.41) is 10.8. The highest BCUT2D eigenvalue weighted by Gasteiger charge is 2.16. The topological polar surface area (TPSA) is 62.7 Å². The van der Waals surface area contributed by atoms with Crippen LogP contribution in [0, 0.1) is 0 Å². The van der Waals surface area contributed by atoms with Crippen molar-refractivity contribution >= 4 is 17.2 Å². The van der Waals surface area contributed by atoms with Gasteiger partial charge in [0.25, 0.3) is 5.91 Å². The Bertz CT molecular complexity index is 557. The minimum Gasteiger partial charge on any atom is -0.486 e. The van der Waals surface area contributed by atoms with Crippen molar-refractivity contribution in [1.29, 1.82) is 0 Å². The molecule has 6 heteroatoms. The highest BCUT2D eigenvalue weighted by atomic mass is 32.1. The highest BCUT2D eigenvalue weighted by Crippen LogP contribution is 2.20. The van der Waals surface area contributed by atoms with Crippen LogP contribution in [0.4, 0.5) is 0 Å². The summed E-state index contributed by atoms with van der Waals surface area (Å²) in [5.41, 5.74) is 3.06. The highest BCUT2D eigenvalue weighted by molar-refractivity contribution is 7.07. The normalized spacial score (nSPS) is 10.3. The molecule has 0 fully saturated rings. The van der Waals surface area contributed by atoms with Crippen molar-refractivity contribution in [3.63, 3.8) is 0 Å². The smallest absolute Gasteiger partial charge is 0.257 e. The number of hydrogen-bond donors (Lipinski definition) is 1. The predicted octanol–water partition coefficient (Wildman–Crippen LogP) is 1.79. The van der Waals surface area contributed by atoms with E-state index >= 15 is 0 Å². The van der Waals surface area contributed by atoms with E-state index < -0.39 is 0 Å². The average molecular weight is 292 g/mol. The maximum absolute atomic E-state index is 12.2. The summed E-state index contributed by atoms with van der Waals surface area (Å²) in [6, 6.07) is 7.08. The standard InChI is InChI=1S/C14H16N2O3S/c1-16(6-7-17)14(18)12-4-2-3-5-13(12)19-8-11-9-20-10-15-11/h2-5,9-10,17H,6-8H2,1H3. The van der Waals surface area contributed by atoms with E-state index in [4.69, 9.17) is 9.84 Å². The minimum absolute atomic E-state index is 0.0654. The van der Waals surface area contributed by atoms with Crippen LogP contribution in [0.2, 0.25) is 0 Å². The Kier molecular flexibility index (Phi) is 5.09. The zero-order chi connectivity index (χ0) is 14.4. The molecule has 1 aromatic heterocycles. The van der Waals surface area contributed by atoms with Gasteiger partial charge in [-0.15, -0.1) is 11.3 Å². The third kappa shape index (κ3) is 3.55. The molecular formula is C14H16N2O3S. The number of para-hydroxylation sites is 1. The second-order valence-corrected chi connectivity index (χ2v) is 4.93. The van der Waals surface area contributed by atoms with Gasteiger partial charge < -0.3 is 14.7 Å². The van der Waals surface area contributed by atoms with Gasteiger partial charge in [-0.2, -0.15) is 0 Å². The number of rotatable bonds is 6. The molecule has 0 saturated heterocycles. The van der Waals surface area contributed by atoms with Crippen LogP contribution in [-0.4, -0.2) is 41.1 Å². The summed E-state index contributed by atoms with van der Waals surface area (Å²) < 4.78 is 5.67. The summed E-state index contributed by atoms with van der Waals surface area (Å²) in [6.07, 6.45) is 0. The van der Waals surface area contributed by atoms with E-state index in [2.05, 4.69) is 4.98 Å². The molecule has 20 heavy (non-hydrogen) atoms. The molecule has 0 radical (unpaired) electrons. The first-order valence-corrected chi connectivity index (χ1v) is 7.12. The molecule has 0 aliphatic rings. The molecule has 0 aliphatic carbocycles. The van der Waals surface area contributed by atoms with Crippen molar-refractivity contribution in [2.45, 2.75) is 6.61 Å². The van der Waals surface area contributed by atoms with Crippen LogP contribution in [0.5, 0.6) is 5.75 Å². The number of thiazole rings is 1. The van der Waals surface area contributed by atoms with E-state index in [0.29, 0.717) is 24.5 Å². The van der Waals surface area contributed by atoms with Crippen molar-refractivity contribution in [3.8, 4) is 5.75 Å². The number of carbonyl (C=O) groups excluding carboxylic acids is 1. The monoisotopic (exact) mass is 292 g/mol. The van der Waals surface area contributed by atoms with Crippen LogP contribution in [0.15, 0.2) is 35.2 Å². The van der Waals surface area contributed by atoms with E-state index in [9.17, 15) is 4.79 Å². The molecule has 0 spiro atoms. The predicted molar refractivity (Wildman–Crippen MR) is 76.9 cm³/mol. The molecule has 1 amide bonds. The fourth-order valence-electron chi connectivity index (χ4n) is 1.69. The van der Waals surface area contributed by atoms with Gasteiger partial charge in [-0.3, -0.25) is 4.79 Å². The van der Waals surface area contributed by atoms with Crippen LogP contribution >= 0.6 is 11.3 Å². The third-order valence-corrected chi connectivity index (χ3v) is 3.39. The Morgan fingerprint density at radius 3 is 2.95 bits per heavy atom. The molecule has 0 aliphatic heterocycles. The summed E-state index contributed by atoms with van der Waals surface area (Å²) in [4.78, 5) is 17.8. The Balaban J connectivity index is 2.11. The largest absolute Gasteiger partial charge is 0.486 e. The van der Waals surface area contributed by atoms with Gasteiger partial charge in [-0.25, -0.2) is 4.98 Å². The van der Waals surface area contributed by atoms with E-state index in [1.165, 1.54) is 16.2 Å². The molecule has 2 aromatic rings. The number of nitrogens with zero attached hydrogens (tertiary/aromatic N) is 2. The quantitative estimate of drug-likeness (QED) is 0.881. The molecule has 106 valence electrons. The number of likely N-dealkylation sites (N-methyl/N-ethyl adjacent to an activating group) is 1. The van der Waals surface area contributed by atoms with Crippen LogP contribution in [0.1, 0.15) is 16.1 Å². The van der Waals surface area contributed by atoms with E-state index in [1.807, 2.05) is 11.4 Å². The number of benzene rings is 1. The van der Waals surface area contributed by atoms with Gasteiger partial charge in [-0.05, 0) is 12.1 Å². The lowest BCUT2D eigenvalue weighted by Gasteiger charge is -2.17. The van der Waals surface area contributed by atoms with E-state index in [0.717, 1.165) is 5.69 Å². The van der Waals surface area contributed by atoms with E-state index in [-0.39, 0.29) is 12.5 Å². The minimum atomic E-state index is -0.173. The fraction of sp³-hybridized carbons (Fsp3) is 0.286. The maximum atomic E-state index is 12.2. The fourth-order valence-corrected chi connectivity index (χ4v) is 2.23. The van der Waals surface area contributed by atoms with Crippen molar-refractivity contribution in [2.75, 3.05) is 20.2 Å². The zero-order valence-corrected chi connectivity index (χ0v) is 12.0. The van der Waals surface area contributed by atoms with Gasteiger partial charge in [-0.1, -0.05) is 12.1 Å². The first-order valence-electron chi connectivity index (χ1n) is 6.17. The number of aromatic nitrogens is 1. The molecule has 0 saturated carbocycles. The van der Waals surface area contributed by atoms with Gasteiger partial charge in [0.05, 0.1) is 23.4 Å². The SMILES string of the molecule is CN(CCO)C(=O)c1ccccc1OCc1cscn1.